The Labute approximate surface area is 173 Å². The Hall–Kier alpha value is -0.560. The molecule has 5 rings (SSSR count). The molecule has 1 heteroatoms. The standard InChI is InChI=1S/C27H42O/c1-17(5-6-19-15-18(19)2)23-9-10-24-22-8-7-20-16-21(28)11-13-26(20,3)25(22)12-14-27(23,24)4/h5-7,17-19,21-25,28H,8-16H2,1-4H3/b6-5+/t17-,18-,19+,21+,22+,23-,24+,25+,26+,27-/m1/s1. The summed E-state index contributed by atoms with van der Waals surface area (Å²) in [6.07, 6.45) is 19.3. The van der Waals surface area contributed by atoms with Crippen molar-refractivity contribution in [2.45, 2.75) is 91.6 Å². The first-order chi connectivity index (χ1) is 13.3. The maximum Gasteiger partial charge on any atom is 0.0577 e. The molecule has 0 heterocycles. The summed E-state index contributed by atoms with van der Waals surface area (Å²) in [5.41, 5.74) is 2.55. The molecule has 0 unspecified atom stereocenters. The highest BCUT2D eigenvalue weighted by atomic mass is 16.3. The molecule has 0 spiro atoms. The molecular formula is C27H42O. The number of allylic oxidation sites excluding steroid dienone is 3. The van der Waals surface area contributed by atoms with Crippen LogP contribution in [0, 0.1) is 52.3 Å². The Balaban J connectivity index is 1.36. The van der Waals surface area contributed by atoms with Gasteiger partial charge >= 0.3 is 0 Å². The van der Waals surface area contributed by atoms with Gasteiger partial charge in [0.15, 0.2) is 0 Å². The fourth-order valence-electron chi connectivity index (χ4n) is 8.62. The number of rotatable bonds is 3. The first-order valence-corrected chi connectivity index (χ1v) is 12.4. The lowest BCUT2D eigenvalue weighted by Gasteiger charge is -2.58. The molecular weight excluding hydrogens is 340 g/mol. The van der Waals surface area contributed by atoms with E-state index in [1.807, 2.05) is 0 Å². The lowest BCUT2D eigenvalue weighted by molar-refractivity contribution is -0.0540. The molecule has 0 amide bonds. The lowest BCUT2D eigenvalue weighted by Crippen LogP contribution is -2.50. The Kier molecular flexibility index (Phi) is 4.66. The van der Waals surface area contributed by atoms with Crippen molar-refractivity contribution >= 4 is 0 Å². The normalized spacial score (nSPS) is 53.9. The highest BCUT2D eigenvalue weighted by Crippen LogP contribution is 2.67. The minimum absolute atomic E-state index is 0.0811. The maximum atomic E-state index is 10.2. The Bertz CT molecular complexity index is 676. The topological polar surface area (TPSA) is 20.2 Å². The molecule has 0 aliphatic heterocycles. The van der Waals surface area contributed by atoms with Crippen molar-refractivity contribution < 1.29 is 5.11 Å². The largest absolute Gasteiger partial charge is 0.393 e. The smallest absolute Gasteiger partial charge is 0.0577 e. The molecule has 1 N–H and O–H groups in total. The molecule has 1 nitrogen and oxygen atoms in total. The van der Waals surface area contributed by atoms with E-state index < -0.39 is 0 Å². The molecule has 5 aliphatic carbocycles. The average Bonchev–Trinajstić information content (AvgIpc) is 3.25. The third-order valence-corrected chi connectivity index (χ3v) is 10.6. The van der Waals surface area contributed by atoms with Crippen LogP contribution < -0.4 is 0 Å². The molecule has 10 atom stereocenters. The van der Waals surface area contributed by atoms with Gasteiger partial charge in [-0.1, -0.05) is 51.5 Å². The summed E-state index contributed by atoms with van der Waals surface area (Å²) in [5.74, 6) is 6.14. The van der Waals surface area contributed by atoms with Crippen LogP contribution in [0.5, 0.6) is 0 Å². The molecule has 0 bridgehead atoms. The minimum Gasteiger partial charge on any atom is -0.393 e. The lowest BCUT2D eigenvalue weighted by atomic mass is 9.47. The van der Waals surface area contributed by atoms with E-state index in [0.29, 0.717) is 10.8 Å². The van der Waals surface area contributed by atoms with Crippen molar-refractivity contribution in [3.8, 4) is 0 Å². The summed E-state index contributed by atoms with van der Waals surface area (Å²) < 4.78 is 0. The van der Waals surface area contributed by atoms with Crippen molar-refractivity contribution in [3.05, 3.63) is 23.8 Å². The van der Waals surface area contributed by atoms with E-state index >= 15 is 0 Å². The first-order valence-electron chi connectivity index (χ1n) is 12.4. The number of hydrogen-bond donors (Lipinski definition) is 1. The molecule has 5 aliphatic rings. The summed E-state index contributed by atoms with van der Waals surface area (Å²) in [4.78, 5) is 0. The van der Waals surface area contributed by atoms with Gasteiger partial charge in [0.1, 0.15) is 0 Å². The van der Waals surface area contributed by atoms with E-state index in [4.69, 9.17) is 0 Å². The molecule has 4 fully saturated rings. The van der Waals surface area contributed by atoms with E-state index in [1.165, 1.54) is 44.9 Å². The first kappa shape index (κ1) is 19.4. The maximum absolute atomic E-state index is 10.2. The van der Waals surface area contributed by atoms with E-state index in [1.54, 1.807) is 5.57 Å². The van der Waals surface area contributed by atoms with E-state index in [9.17, 15) is 5.11 Å². The van der Waals surface area contributed by atoms with Gasteiger partial charge in [0.05, 0.1) is 6.10 Å². The van der Waals surface area contributed by atoms with Crippen LogP contribution >= 0.6 is 0 Å². The third kappa shape index (κ3) is 2.90. The second-order valence-corrected chi connectivity index (χ2v) is 12.0. The highest BCUT2D eigenvalue weighted by Gasteiger charge is 2.59. The van der Waals surface area contributed by atoms with Crippen molar-refractivity contribution in [2.75, 3.05) is 0 Å². The second kappa shape index (κ2) is 6.73. The molecule has 4 saturated carbocycles. The summed E-state index contributed by atoms with van der Waals surface area (Å²) in [7, 11) is 0. The number of fused-ring (bicyclic) bond motifs is 5. The van der Waals surface area contributed by atoms with Gasteiger partial charge in [0, 0.05) is 0 Å². The summed E-state index contributed by atoms with van der Waals surface area (Å²) in [6, 6.07) is 0. The predicted octanol–water partition coefficient (Wildman–Crippen LogP) is 6.77. The third-order valence-electron chi connectivity index (χ3n) is 10.6. The van der Waals surface area contributed by atoms with Crippen LogP contribution in [0.3, 0.4) is 0 Å². The van der Waals surface area contributed by atoms with Gasteiger partial charge in [-0.2, -0.15) is 0 Å². The van der Waals surface area contributed by atoms with Gasteiger partial charge < -0.3 is 5.11 Å². The van der Waals surface area contributed by atoms with Crippen molar-refractivity contribution in [1.29, 1.82) is 0 Å². The summed E-state index contributed by atoms with van der Waals surface area (Å²) >= 11 is 0. The van der Waals surface area contributed by atoms with Gasteiger partial charge in [-0.05, 0) is 110 Å². The minimum atomic E-state index is -0.0811. The number of aliphatic hydroxyl groups is 1. The zero-order chi connectivity index (χ0) is 19.7. The van der Waals surface area contributed by atoms with Crippen LogP contribution in [0.2, 0.25) is 0 Å². The predicted molar refractivity (Wildman–Crippen MR) is 117 cm³/mol. The number of hydrogen-bond acceptors (Lipinski definition) is 1. The molecule has 0 aromatic rings. The van der Waals surface area contributed by atoms with Gasteiger partial charge in [0.25, 0.3) is 0 Å². The zero-order valence-corrected chi connectivity index (χ0v) is 18.7. The Morgan fingerprint density at radius 2 is 1.89 bits per heavy atom. The molecule has 156 valence electrons. The highest BCUT2D eigenvalue weighted by molar-refractivity contribution is 5.25. The van der Waals surface area contributed by atoms with Gasteiger partial charge in [-0.3, -0.25) is 0 Å². The van der Waals surface area contributed by atoms with Crippen molar-refractivity contribution in [2.24, 2.45) is 52.3 Å². The average molecular weight is 383 g/mol. The summed E-state index contributed by atoms with van der Waals surface area (Å²) in [6.45, 7) is 10.1. The van der Waals surface area contributed by atoms with Crippen molar-refractivity contribution in [1.82, 2.24) is 0 Å². The van der Waals surface area contributed by atoms with Gasteiger partial charge in [0.2, 0.25) is 0 Å². The Morgan fingerprint density at radius 1 is 1.11 bits per heavy atom. The van der Waals surface area contributed by atoms with Crippen LogP contribution in [0.4, 0.5) is 0 Å². The zero-order valence-electron chi connectivity index (χ0n) is 18.7. The fraction of sp³-hybridized carbons (Fsp3) is 0.852. The fourth-order valence-corrected chi connectivity index (χ4v) is 8.62. The Morgan fingerprint density at radius 3 is 2.64 bits per heavy atom. The molecule has 0 aromatic heterocycles. The van der Waals surface area contributed by atoms with Crippen LogP contribution in [0.25, 0.3) is 0 Å². The van der Waals surface area contributed by atoms with Gasteiger partial charge in [-0.15, -0.1) is 0 Å². The monoisotopic (exact) mass is 382 g/mol. The molecule has 28 heavy (non-hydrogen) atoms. The van der Waals surface area contributed by atoms with Crippen LogP contribution in [0.1, 0.15) is 85.5 Å². The SMILES string of the molecule is C[C@H](/C=C/[C@H]1C[C@H]1C)[C@H]1CC[C@H]2[C@@H]3CC=C4C[C@@H](O)CC[C@]4(C)[C@H]3CC[C@]12C. The van der Waals surface area contributed by atoms with Crippen LogP contribution in [-0.2, 0) is 0 Å². The van der Waals surface area contributed by atoms with Crippen LogP contribution in [-0.4, -0.2) is 11.2 Å². The summed E-state index contributed by atoms with van der Waals surface area (Å²) in [5, 5.41) is 10.2. The quantitative estimate of drug-likeness (QED) is 0.534. The van der Waals surface area contributed by atoms with Gasteiger partial charge in [-0.25, -0.2) is 0 Å². The van der Waals surface area contributed by atoms with E-state index in [0.717, 1.165) is 54.3 Å². The molecule has 0 radical (unpaired) electrons. The molecule has 0 saturated heterocycles. The second-order valence-electron chi connectivity index (χ2n) is 12.0. The van der Waals surface area contributed by atoms with E-state index in [2.05, 4.69) is 45.9 Å². The number of aliphatic hydroxyl groups excluding tert-OH is 1. The molecule has 0 aromatic carbocycles. The van der Waals surface area contributed by atoms with Crippen molar-refractivity contribution in [3.63, 3.8) is 0 Å². The van der Waals surface area contributed by atoms with Crippen LogP contribution in [0.15, 0.2) is 23.8 Å². The van der Waals surface area contributed by atoms with E-state index in [-0.39, 0.29) is 6.10 Å².